The second kappa shape index (κ2) is 12.9. The fourth-order valence-corrected chi connectivity index (χ4v) is 3.57. The third-order valence-corrected chi connectivity index (χ3v) is 5.52. The van der Waals surface area contributed by atoms with Crippen molar-refractivity contribution in [1.29, 1.82) is 0 Å². The average Bonchev–Trinajstić information content (AvgIpc) is 3.39. The lowest BCUT2D eigenvalue weighted by Gasteiger charge is -2.07. The van der Waals surface area contributed by atoms with Crippen LogP contribution in [0.1, 0.15) is 29.3 Å². The lowest BCUT2D eigenvalue weighted by Crippen LogP contribution is -2.34. The number of carbonyl (C=O) groups is 2. The maximum atomic E-state index is 12.4. The molecule has 0 aliphatic rings. The molecule has 0 fully saturated rings. The van der Waals surface area contributed by atoms with Crippen molar-refractivity contribution in [3.05, 3.63) is 96.2 Å². The molecule has 0 saturated heterocycles. The molecular formula is C29H29N5O4. The number of para-hydroxylation sites is 1. The SMILES string of the molecule is CCCOc1ccc(C(=O)NCC(=O)N/N=C\c2cn(-c3ccccc3)nc2-c2ccc(OC)cc2)cc1. The largest absolute Gasteiger partial charge is 0.497 e. The fourth-order valence-electron chi connectivity index (χ4n) is 3.57. The highest BCUT2D eigenvalue weighted by Gasteiger charge is 2.12. The Labute approximate surface area is 221 Å². The second-order valence-electron chi connectivity index (χ2n) is 8.29. The molecule has 2 amide bonds. The average molecular weight is 512 g/mol. The molecule has 2 N–H and O–H groups in total. The van der Waals surface area contributed by atoms with Crippen molar-refractivity contribution < 1.29 is 19.1 Å². The van der Waals surface area contributed by atoms with E-state index in [2.05, 4.69) is 15.8 Å². The summed E-state index contributed by atoms with van der Waals surface area (Å²) >= 11 is 0. The number of carbonyl (C=O) groups excluding carboxylic acids is 2. The lowest BCUT2D eigenvalue weighted by atomic mass is 10.1. The molecule has 4 rings (SSSR count). The van der Waals surface area contributed by atoms with Crippen LogP contribution in [-0.2, 0) is 4.79 Å². The van der Waals surface area contributed by atoms with Gasteiger partial charge in [0, 0.05) is 22.9 Å². The van der Waals surface area contributed by atoms with Gasteiger partial charge in [0.2, 0.25) is 0 Å². The molecule has 0 radical (unpaired) electrons. The van der Waals surface area contributed by atoms with E-state index >= 15 is 0 Å². The van der Waals surface area contributed by atoms with Crippen LogP contribution in [0.5, 0.6) is 11.5 Å². The number of ether oxygens (including phenoxy) is 2. The monoisotopic (exact) mass is 511 g/mol. The topological polar surface area (TPSA) is 107 Å². The van der Waals surface area contributed by atoms with Crippen molar-refractivity contribution >= 4 is 18.0 Å². The van der Waals surface area contributed by atoms with E-state index in [0.29, 0.717) is 29.2 Å². The van der Waals surface area contributed by atoms with Gasteiger partial charge < -0.3 is 14.8 Å². The number of amides is 2. The molecule has 9 heteroatoms. The van der Waals surface area contributed by atoms with Crippen LogP contribution in [0.4, 0.5) is 0 Å². The van der Waals surface area contributed by atoms with Crippen LogP contribution < -0.4 is 20.2 Å². The highest BCUT2D eigenvalue weighted by Crippen LogP contribution is 2.25. The highest BCUT2D eigenvalue weighted by molar-refractivity contribution is 5.96. The van der Waals surface area contributed by atoms with Gasteiger partial charge in [-0.3, -0.25) is 9.59 Å². The van der Waals surface area contributed by atoms with E-state index in [1.165, 1.54) is 6.21 Å². The summed E-state index contributed by atoms with van der Waals surface area (Å²) in [6, 6.07) is 24.0. The first-order valence-corrected chi connectivity index (χ1v) is 12.2. The van der Waals surface area contributed by atoms with Crippen molar-refractivity contribution in [1.82, 2.24) is 20.5 Å². The Balaban J connectivity index is 1.40. The van der Waals surface area contributed by atoms with Crippen molar-refractivity contribution in [2.24, 2.45) is 5.10 Å². The second-order valence-corrected chi connectivity index (χ2v) is 8.29. The lowest BCUT2D eigenvalue weighted by molar-refractivity contribution is -0.120. The number of hydrogen-bond acceptors (Lipinski definition) is 6. The van der Waals surface area contributed by atoms with E-state index in [1.807, 2.05) is 67.7 Å². The summed E-state index contributed by atoms with van der Waals surface area (Å²) in [5.41, 5.74) is 6.03. The summed E-state index contributed by atoms with van der Waals surface area (Å²) in [6.07, 6.45) is 4.26. The molecule has 0 unspecified atom stereocenters. The van der Waals surface area contributed by atoms with Gasteiger partial charge in [0.1, 0.15) is 17.2 Å². The van der Waals surface area contributed by atoms with E-state index in [-0.39, 0.29) is 12.5 Å². The molecule has 1 aromatic heterocycles. The molecule has 0 aliphatic heterocycles. The van der Waals surface area contributed by atoms with Crippen LogP contribution >= 0.6 is 0 Å². The van der Waals surface area contributed by atoms with Gasteiger partial charge in [-0.05, 0) is 67.1 Å². The van der Waals surface area contributed by atoms with Gasteiger partial charge in [0.15, 0.2) is 0 Å². The molecule has 194 valence electrons. The summed E-state index contributed by atoms with van der Waals surface area (Å²) in [4.78, 5) is 24.7. The molecule has 0 bridgehead atoms. The minimum absolute atomic E-state index is 0.223. The van der Waals surface area contributed by atoms with Crippen LogP contribution in [0.3, 0.4) is 0 Å². The van der Waals surface area contributed by atoms with E-state index in [1.54, 1.807) is 36.1 Å². The number of methoxy groups -OCH3 is 1. The van der Waals surface area contributed by atoms with Crippen LogP contribution in [0.15, 0.2) is 90.2 Å². The summed E-state index contributed by atoms with van der Waals surface area (Å²) < 4.78 is 12.5. The van der Waals surface area contributed by atoms with Gasteiger partial charge in [-0.25, -0.2) is 10.1 Å². The maximum absolute atomic E-state index is 12.4. The van der Waals surface area contributed by atoms with Crippen molar-refractivity contribution in [3.63, 3.8) is 0 Å². The molecule has 4 aromatic rings. The molecule has 0 saturated carbocycles. The summed E-state index contributed by atoms with van der Waals surface area (Å²) in [6.45, 7) is 2.41. The Morgan fingerprint density at radius 2 is 1.68 bits per heavy atom. The van der Waals surface area contributed by atoms with Gasteiger partial charge in [0.05, 0.1) is 32.2 Å². The molecule has 0 spiro atoms. The Kier molecular flexibility index (Phi) is 8.85. The first kappa shape index (κ1) is 26.2. The third kappa shape index (κ3) is 6.85. The molecule has 9 nitrogen and oxygen atoms in total. The Hall–Kier alpha value is -4.92. The normalized spacial score (nSPS) is 10.8. The predicted molar refractivity (Wildman–Crippen MR) is 146 cm³/mol. The number of hydrazone groups is 1. The standard InChI is InChI=1S/C29H29N5O4/c1-3-17-38-26-15-11-22(12-16-26)29(36)30-19-27(35)32-31-18-23-20-34(24-7-5-4-6-8-24)33-28(23)21-9-13-25(37-2)14-10-21/h4-16,18,20H,3,17,19H2,1-2H3,(H,30,36)(H,32,35)/b31-18-. The van der Waals surface area contributed by atoms with Gasteiger partial charge >= 0.3 is 0 Å². The van der Waals surface area contributed by atoms with Crippen LogP contribution in [0.2, 0.25) is 0 Å². The molecule has 0 aliphatic carbocycles. The van der Waals surface area contributed by atoms with E-state index in [0.717, 1.165) is 23.4 Å². The smallest absolute Gasteiger partial charge is 0.259 e. The fraction of sp³-hybridized carbons (Fsp3) is 0.172. The molecule has 0 atom stereocenters. The van der Waals surface area contributed by atoms with E-state index in [9.17, 15) is 9.59 Å². The van der Waals surface area contributed by atoms with E-state index < -0.39 is 5.91 Å². The Morgan fingerprint density at radius 1 is 0.974 bits per heavy atom. The van der Waals surface area contributed by atoms with Crippen LogP contribution in [-0.4, -0.2) is 48.1 Å². The number of aromatic nitrogens is 2. The van der Waals surface area contributed by atoms with Gasteiger partial charge in [-0.15, -0.1) is 0 Å². The highest BCUT2D eigenvalue weighted by atomic mass is 16.5. The number of nitrogens with zero attached hydrogens (tertiary/aromatic N) is 3. The van der Waals surface area contributed by atoms with Crippen LogP contribution in [0, 0.1) is 0 Å². The van der Waals surface area contributed by atoms with Crippen molar-refractivity contribution in [3.8, 4) is 28.4 Å². The maximum Gasteiger partial charge on any atom is 0.259 e. The zero-order chi connectivity index (χ0) is 26.7. The first-order chi connectivity index (χ1) is 18.6. The zero-order valence-electron chi connectivity index (χ0n) is 21.3. The summed E-state index contributed by atoms with van der Waals surface area (Å²) in [7, 11) is 1.61. The number of benzene rings is 3. The van der Waals surface area contributed by atoms with Crippen LogP contribution in [0.25, 0.3) is 16.9 Å². The summed E-state index contributed by atoms with van der Waals surface area (Å²) in [5.74, 6) is 0.609. The molecule has 38 heavy (non-hydrogen) atoms. The quantitative estimate of drug-likeness (QED) is 0.232. The number of rotatable bonds is 11. The first-order valence-electron chi connectivity index (χ1n) is 12.2. The van der Waals surface area contributed by atoms with Gasteiger partial charge in [0.25, 0.3) is 11.8 Å². The molecule has 3 aromatic carbocycles. The van der Waals surface area contributed by atoms with Gasteiger partial charge in [-0.2, -0.15) is 10.2 Å². The third-order valence-electron chi connectivity index (χ3n) is 5.52. The summed E-state index contributed by atoms with van der Waals surface area (Å²) in [5, 5.41) is 11.4. The Bertz CT molecular complexity index is 1380. The number of nitrogens with one attached hydrogen (secondary N) is 2. The zero-order valence-corrected chi connectivity index (χ0v) is 21.3. The molecular weight excluding hydrogens is 482 g/mol. The predicted octanol–water partition coefficient (Wildman–Crippen LogP) is 4.22. The van der Waals surface area contributed by atoms with Crippen molar-refractivity contribution in [2.45, 2.75) is 13.3 Å². The number of hydrogen-bond donors (Lipinski definition) is 2. The van der Waals surface area contributed by atoms with Crippen molar-refractivity contribution in [2.75, 3.05) is 20.3 Å². The Morgan fingerprint density at radius 3 is 2.37 bits per heavy atom. The van der Waals surface area contributed by atoms with E-state index in [4.69, 9.17) is 14.6 Å². The molecule has 1 heterocycles. The van der Waals surface area contributed by atoms with Gasteiger partial charge in [-0.1, -0.05) is 25.1 Å². The minimum atomic E-state index is -0.459. The minimum Gasteiger partial charge on any atom is -0.497 e.